The summed E-state index contributed by atoms with van der Waals surface area (Å²) in [6, 6.07) is 8.60. The van der Waals surface area contributed by atoms with Crippen LogP contribution < -0.4 is 10.0 Å². The molecule has 0 fully saturated rings. The summed E-state index contributed by atoms with van der Waals surface area (Å²) in [6.45, 7) is 3.91. The first-order valence-corrected chi connectivity index (χ1v) is 8.55. The molecule has 6 heteroatoms. The van der Waals surface area contributed by atoms with Crippen LogP contribution in [-0.4, -0.2) is 26.5 Å². The first-order chi connectivity index (χ1) is 9.96. The number of aromatic nitrogens is 1. The Hall–Kier alpha value is -1.66. The number of nitrogens with zero attached hydrogens (tertiary/aromatic N) is 1. The Bertz CT molecular complexity index is 729. The van der Waals surface area contributed by atoms with E-state index in [0.717, 1.165) is 29.6 Å². The van der Waals surface area contributed by atoms with Gasteiger partial charge in [-0.1, -0.05) is 13.3 Å². The maximum Gasteiger partial charge on any atom is 0.240 e. The molecule has 0 saturated carbocycles. The fraction of sp³-hybridized carbons (Fsp3) is 0.400. The summed E-state index contributed by atoms with van der Waals surface area (Å²) in [5.41, 5.74) is 0.766. The normalized spacial score (nSPS) is 13.3. The molecule has 0 aliphatic carbocycles. The van der Waals surface area contributed by atoms with E-state index in [0.29, 0.717) is 0 Å². The molecule has 2 aromatic rings. The van der Waals surface area contributed by atoms with Gasteiger partial charge in [-0.15, -0.1) is 0 Å². The van der Waals surface area contributed by atoms with Gasteiger partial charge in [0.2, 0.25) is 10.0 Å². The Kier molecular flexibility index (Phi) is 4.80. The van der Waals surface area contributed by atoms with Crippen LogP contribution in [0.25, 0.3) is 10.9 Å². The number of hydrogen-bond acceptors (Lipinski definition) is 4. The van der Waals surface area contributed by atoms with Crippen molar-refractivity contribution in [1.82, 2.24) is 9.71 Å². The Morgan fingerprint density at radius 1 is 1.24 bits per heavy atom. The summed E-state index contributed by atoms with van der Waals surface area (Å²) < 4.78 is 27.4. The molecule has 0 spiro atoms. The van der Waals surface area contributed by atoms with Crippen molar-refractivity contribution >= 4 is 26.7 Å². The van der Waals surface area contributed by atoms with Gasteiger partial charge in [0.15, 0.2) is 0 Å². The fourth-order valence-electron chi connectivity index (χ4n) is 2.23. The lowest BCUT2D eigenvalue weighted by Crippen LogP contribution is -2.32. The minimum atomic E-state index is -3.48. The number of benzene rings is 1. The van der Waals surface area contributed by atoms with E-state index in [4.69, 9.17) is 0 Å². The van der Waals surface area contributed by atoms with E-state index in [1.807, 2.05) is 26.0 Å². The summed E-state index contributed by atoms with van der Waals surface area (Å²) in [4.78, 5) is 4.66. The van der Waals surface area contributed by atoms with Crippen LogP contribution in [0.4, 0.5) is 5.82 Å². The molecule has 1 aromatic heterocycles. The molecule has 5 nitrogen and oxygen atoms in total. The van der Waals surface area contributed by atoms with E-state index in [9.17, 15) is 8.42 Å². The third kappa shape index (κ3) is 3.71. The molecule has 1 heterocycles. The van der Waals surface area contributed by atoms with Gasteiger partial charge in [-0.25, -0.2) is 18.1 Å². The number of sulfonamides is 1. The van der Waals surface area contributed by atoms with Crippen LogP contribution in [0, 0.1) is 0 Å². The van der Waals surface area contributed by atoms with Gasteiger partial charge in [0.25, 0.3) is 0 Å². The zero-order valence-corrected chi connectivity index (χ0v) is 13.4. The van der Waals surface area contributed by atoms with E-state index in [2.05, 4.69) is 15.0 Å². The maximum absolute atomic E-state index is 12.3. The molecule has 0 saturated heterocycles. The molecule has 0 bridgehead atoms. The number of anilines is 1. The molecular weight excluding hydrogens is 286 g/mol. The van der Waals surface area contributed by atoms with Crippen LogP contribution in [0.15, 0.2) is 35.2 Å². The van der Waals surface area contributed by atoms with Crippen molar-refractivity contribution in [3.63, 3.8) is 0 Å². The lowest BCUT2D eigenvalue weighted by Gasteiger charge is -2.13. The summed E-state index contributed by atoms with van der Waals surface area (Å²) in [7, 11) is -1.68. The molecule has 21 heavy (non-hydrogen) atoms. The van der Waals surface area contributed by atoms with Crippen molar-refractivity contribution in [3.05, 3.63) is 30.3 Å². The van der Waals surface area contributed by atoms with Gasteiger partial charge >= 0.3 is 0 Å². The average Bonchev–Trinajstić information content (AvgIpc) is 2.45. The highest BCUT2D eigenvalue weighted by Gasteiger charge is 2.17. The van der Waals surface area contributed by atoms with Crippen molar-refractivity contribution in [2.24, 2.45) is 0 Å². The van der Waals surface area contributed by atoms with Gasteiger partial charge in [0.05, 0.1) is 10.4 Å². The highest BCUT2D eigenvalue weighted by Crippen LogP contribution is 2.20. The zero-order valence-electron chi connectivity index (χ0n) is 12.6. The van der Waals surface area contributed by atoms with E-state index in [-0.39, 0.29) is 10.9 Å². The smallest absolute Gasteiger partial charge is 0.240 e. The predicted octanol–water partition coefficient (Wildman–Crippen LogP) is 2.74. The van der Waals surface area contributed by atoms with E-state index in [1.165, 1.54) is 0 Å². The molecule has 1 unspecified atom stereocenters. The number of pyridine rings is 1. The number of hydrogen-bond donors (Lipinski definition) is 2. The quantitative estimate of drug-likeness (QED) is 0.861. The molecule has 0 aliphatic rings. The largest absolute Gasteiger partial charge is 0.373 e. The molecule has 2 rings (SSSR count). The molecule has 1 aromatic carbocycles. The molecule has 0 radical (unpaired) electrons. The lowest BCUT2D eigenvalue weighted by molar-refractivity contribution is 0.544. The molecule has 1 atom stereocenters. The molecule has 2 N–H and O–H groups in total. The van der Waals surface area contributed by atoms with Crippen molar-refractivity contribution in [2.45, 2.75) is 37.6 Å². The van der Waals surface area contributed by atoms with Crippen LogP contribution in [0.1, 0.15) is 26.7 Å². The van der Waals surface area contributed by atoms with Crippen molar-refractivity contribution < 1.29 is 8.42 Å². The second kappa shape index (κ2) is 6.41. The standard InChI is InChI=1S/C15H21N3O2S/c1-4-5-11(2)18-21(19,20)13-7-8-14-12(10-13)6-9-15(16-3)17-14/h6-11,18H,4-5H2,1-3H3,(H,16,17). The van der Waals surface area contributed by atoms with E-state index < -0.39 is 10.0 Å². The fourth-order valence-corrected chi connectivity index (χ4v) is 3.55. The Morgan fingerprint density at radius 2 is 2.00 bits per heavy atom. The molecule has 0 amide bonds. The number of nitrogens with one attached hydrogen (secondary N) is 2. The SMILES string of the molecule is CCCC(C)NS(=O)(=O)c1ccc2nc(NC)ccc2c1. The second-order valence-electron chi connectivity index (χ2n) is 5.11. The van der Waals surface area contributed by atoms with Crippen molar-refractivity contribution in [1.29, 1.82) is 0 Å². The third-order valence-electron chi connectivity index (χ3n) is 3.31. The third-order valence-corrected chi connectivity index (χ3v) is 4.89. The first kappa shape index (κ1) is 15.7. The first-order valence-electron chi connectivity index (χ1n) is 7.07. The maximum atomic E-state index is 12.3. The summed E-state index contributed by atoms with van der Waals surface area (Å²) >= 11 is 0. The molecular formula is C15H21N3O2S. The van der Waals surface area contributed by atoms with Crippen LogP contribution in [0.2, 0.25) is 0 Å². The van der Waals surface area contributed by atoms with E-state index in [1.54, 1.807) is 25.2 Å². The van der Waals surface area contributed by atoms with Gasteiger partial charge < -0.3 is 5.32 Å². The highest BCUT2D eigenvalue weighted by atomic mass is 32.2. The van der Waals surface area contributed by atoms with E-state index >= 15 is 0 Å². The monoisotopic (exact) mass is 307 g/mol. The van der Waals surface area contributed by atoms with Crippen LogP contribution >= 0.6 is 0 Å². The summed E-state index contributed by atoms with van der Waals surface area (Å²) in [6.07, 6.45) is 1.76. The van der Waals surface area contributed by atoms with Crippen LogP contribution in [0.3, 0.4) is 0 Å². The lowest BCUT2D eigenvalue weighted by atomic mass is 10.2. The van der Waals surface area contributed by atoms with Gasteiger partial charge in [0, 0.05) is 18.5 Å². The highest BCUT2D eigenvalue weighted by molar-refractivity contribution is 7.89. The van der Waals surface area contributed by atoms with Gasteiger partial charge in [-0.05, 0) is 43.7 Å². The zero-order chi connectivity index (χ0) is 15.5. The minimum Gasteiger partial charge on any atom is -0.373 e. The predicted molar refractivity (Wildman–Crippen MR) is 86.0 cm³/mol. The second-order valence-corrected chi connectivity index (χ2v) is 6.83. The van der Waals surface area contributed by atoms with Crippen molar-refractivity contribution in [3.8, 4) is 0 Å². The number of fused-ring (bicyclic) bond motifs is 1. The van der Waals surface area contributed by atoms with Crippen LogP contribution in [0.5, 0.6) is 0 Å². The molecule has 0 aliphatic heterocycles. The van der Waals surface area contributed by atoms with Gasteiger partial charge in [-0.2, -0.15) is 0 Å². The minimum absolute atomic E-state index is 0.0690. The topological polar surface area (TPSA) is 71.1 Å². The van der Waals surface area contributed by atoms with Gasteiger partial charge in [-0.3, -0.25) is 0 Å². The Balaban J connectivity index is 2.34. The summed E-state index contributed by atoms with van der Waals surface area (Å²) in [5.74, 6) is 0.757. The summed E-state index contributed by atoms with van der Waals surface area (Å²) in [5, 5.41) is 3.77. The number of rotatable bonds is 6. The Labute approximate surface area is 125 Å². The van der Waals surface area contributed by atoms with Gasteiger partial charge in [0.1, 0.15) is 5.82 Å². The van der Waals surface area contributed by atoms with Crippen molar-refractivity contribution in [2.75, 3.05) is 12.4 Å². The molecule has 114 valence electrons. The van der Waals surface area contributed by atoms with Crippen LogP contribution in [-0.2, 0) is 10.0 Å². The average molecular weight is 307 g/mol. The Morgan fingerprint density at radius 3 is 2.67 bits per heavy atom.